The van der Waals surface area contributed by atoms with Gasteiger partial charge in [-0.3, -0.25) is 0 Å². The fourth-order valence-corrected chi connectivity index (χ4v) is 3.37. The molecule has 0 amide bonds. The highest BCUT2D eigenvalue weighted by Gasteiger charge is 2.37. The van der Waals surface area contributed by atoms with Gasteiger partial charge >= 0.3 is 5.97 Å². The first kappa shape index (κ1) is 11.1. The summed E-state index contributed by atoms with van der Waals surface area (Å²) in [6.45, 7) is 4.95. The number of nitrogens with zero attached hydrogens (tertiary/aromatic N) is 1. The SMILES string of the molecule is O=C1C=C(N2CCCC3(CCNCC3)C2)CO1. The van der Waals surface area contributed by atoms with Crippen molar-refractivity contribution in [3.8, 4) is 0 Å². The molecule has 0 aliphatic carbocycles. The van der Waals surface area contributed by atoms with Gasteiger partial charge in [-0.2, -0.15) is 0 Å². The molecule has 0 unspecified atom stereocenters. The van der Waals surface area contributed by atoms with Crippen LogP contribution < -0.4 is 5.32 Å². The van der Waals surface area contributed by atoms with Gasteiger partial charge in [-0.05, 0) is 44.2 Å². The molecule has 3 rings (SSSR count). The van der Waals surface area contributed by atoms with Crippen molar-refractivity contribution in [2.45, 2.75) is 25.7 Å². The van der Waals surface area contributed by atoms with Crippen molar-refractivity contribution < 1.29 is 9.53 Å². The molecular formula is C13H20N2O2. The van der Waals surface area contributed by atoms with Crippen molar-refractivity contribution in [3.63, 3.8) is 0 Å². The highest BCUT2D eigenvalue weighted by Crippen LogP contribution is 2.39. The van der Waals surface area contributed by atoms with E-state index < -0.39 is 0 Å². The van der Waals surface area contributed by atoms with E-state index in [9.17, 15) is 4.79 Å². The van der Waals surface area contributed by atoms with Crippen LogP contribution in [0.5, 0.6) is 0 Å². The van der Waals surface area contributed by atoms with Crippen LogP contribution in [0.4, 0.5) is 0 Å². The third-order valence-electron chi connectivity index (χ3n) is 4.38. The zero-order valence-electron chi connectivity index (χ0n) is 10.2. The lowest BCUT2D eigenvalue weighted by molar-refractivity contribution is -0.135. The van der Waals surface area contributed by atoms with Crippen molar-refractivity contribution >= 4 is 5.97 Å². The average Bonchev–Trinajstić information content (AvgIpc) is 2.77. The molecule has 94 valence electrons. The van der Waals surface area contributed by atoms with E-state index in [2.05, 4.69) is 10.2 Å². The van der Waals surface area contributed by atoms with Gasteiger partial charge in [0.25, 0.3) is 0 Å². The minimum Gasteiger partial charge on any atom is -0.456 e. The maximum atomic E-state index is 11.1. The van der Waals surface area contributed by atoms with Crippen LogP contribution in [0.15, 0.2) is 11.8 Å². The second-order valence-electron chi connectivity index (χ2n) is 5.52. The fourth-order valence-electron chi connectivity index (χ4n) is 3.37. The van der Waals surface area contributed by atoms with Crippen molar-refractivity contribution in [1.82, 2.24) is 10.2 Å². The number of nitrogens with one attached hydrogen (secondary N) is 1. The smallest absolute Gasteiger partial charge is 0.333 e. The van der Waals surface area contributed by atoms with E-state index in [-0.39, 0.29) is 5.97 Å². The van der Waals surface area contributed by atoms with Crippen LogP contribution in [0.3, 0.4) is 0 Å². The van der Waals surface area contributed by atoms with Crippen molar-refractivity contribution in [1.29, 1.82) is 0 Å². The molecule has 0 aromatic heterocycles. The fraction of sp³-hybridized carbons (Fsp3) is 0.769. The number of piperidine rings is 2. The minimum atomic E-state index is -0.176. The molecule has 1 N–H and O–H groups in total. The lowest BCUT2D eigenvalue weighted by Crippen LogP contribution is -2.48. The van der Waals surface area contributed by atoms with Crippen LogP contribution in [0.1, 0.15) is 25.7 Å². The van der Waals surface area contributed by atoms with E-state index in [0.717, 1.165) is 31.9 Å². The van der Waals surface area contributed by atoms with Gasteiger partial charge in [0.1, 0.15) is 6.61 Å². The Labute approximate surface area is 102 Å². The first-order valence-electron chi connectivity index (χ1n) is 6.61. The maximum Gasteiger partial charge on any atom is 0.333 e. The Morgan fingerprint density at radius 3 is 2.82 bits per heavy atom. The molecule has 0 aromatic rings. The standard InChI is InChI=1S/C13H20N2O2/c16-12-8-11(9-17-12)15-7-1-2-13(10-15)3-5-14-6-4-13/h8,14H,1-7,9-10H2. The van der Waals surface area contributed by atoms with Crippen LogP contribution in [0.25, 0.3) is 0 Å². The molecule has 2 fully saturated rings. The van der Waals surface area contributed by atoms with E-state index in [1.807, 2.05) is 0 Å². The van der Waals surface area contributed by atoms with E-state index in [1.165, 1.54) is 25.7 Å². The molecule has 2 saturated heterocycles. The van der Waals surface area contributed by atoms with Crippen LogP contribution in [-0.2, 0) is 9.53 Å². The monoisotopic (exact) mass is 236 g/mol. The quantitative estimate of drug-likeness (QED) is 0.687. The predicted octanol–water partition coefficient (Wildman–Crippen LogP) is 0.893. The summed E-state index contributed by atoms with van der Waals surface area (Å²) in [6.07, 6.45) is 6.79. The molecule has 3 aliphatic rings. The lowest BCUT2D eigenvalue weighted by Gasteiger charge is -2.46. The summed E-state index contributed by atoms with van der Waals surface area (Å²) >= 11 is 0. The number of hydrogen-bond donors (Lipinski definition) is 1. The number of cyclic esters (lactones) is 1. The van der Waals surface area contributed by atoms with Crippen molar-refractivity contribution in [2.24, 2.45) is 5.41 Å². The zero-order chi connectivity index (χ0) is 11.7. The third-order valence-corrected chi connectivity index (χ3v) is 4.38. The van der Waals surface area contributed by atoms with Crippen LogP contribution >= 0.6 is 0 Å². The average molecular weight is 236 g/mol. The largest absolute Gasteiger partial charge is 0.456 e. The molecule has 4 nitrogen and oxygen atoms in total. The van der Waals surface area contributed by atoms with E-state index >= 15 is 0 Å². The Balaban J connectivity index is 1.71. The molecule has 0 radical (unpaired) electrons. The molecule has 0 bridgehead atoms. The van der Waals surface area contributed by atoms with E-state index in [4.69, 9.17) is 4.74 Å². The van der Waals surface area contributed by atoms with Gasteiger partial charge in [-0.1, -0.05) is 0 Å². The first-order chi connectivity index (χ1) is 8.27. The highest BCUT2D eigenvalue weighted by atomic mass is 16.5. The molecule has 0 atom stereocenters. The summed E-state index contributed by atoms with van der Waals surface area (Å²) in [6, 6.07) is 0. The summed E-state index contributed by atoms with van der Waals surface area (Å²) in [7, 11) is 0. The van der Waals surface area contributed by atoms with Gasteiger partial charge in [0.2, 0.25) is 0 Å². The lowest BCUT2D eigenvalue weighted by atomic mass is 9.73. The van der Waals surface area contributed by atoms with E-state index in [0.29, 0.717) is 12.0 Å². The summed E-state index contributed by atoms with van der Waals surface area (Å²) < 4.78 is 5.01. The Morgan fingerprint density at radius 2 is 2.12 bits per heavy atom. The van der Waals surface area contributed by atoms with Gasteiger partial charge in [0, 0.05) is 19.2 Å². The third kappa shape index (κ3) is 2.18. The van der Waals surface area contributed by atoms with Gasteiger partial charge < -0.3 is 15.0 Å². The zero-order valence-corrected chi connectivity index (χ0v) is 10.2. The Bertz CT molecular complexity index is 340. The first-order valence-corrected chi connectivity index (χ1v) is 6.61. The topological polar surface area (TPSA) is 41.6 Å². The molecular weight excluding hydrogens is 216 g/mol. The molecule has 17 heavy (non-hydrogen) atoms. The van der Waals surface area contributed by atoms with Crippen LogP contribution in [0.2, 0.25) is 0 Å². The normalized spacial score (nSPS) is 28.1. The highest BCUT2D eigenvalue weighted by molar-refractivity contribution is 5.85. The Hall–Kier alpha value is -1.03. The second kappa shape index (κ2) is 4.33. The summed E-state index contributed by atoms with van der Waals surface area (Å²) in [5, 5.41) is 3.44. The van der Waals surface area contributed by atoms with Crippen LogP contribution in [-0.4, -0.2) is 43.7 Å². The molecule has 1 spiro atoms. The molecule has 0 aromatic carbocycles. The summed E-state index contributed by atoms with van der Waals surface area (Å²) in [5.74, 6) is -0.176. The summed E-state index contributed by atoms with van der Waals surface area (Å²) in [5.41, 5.74) is 1.57. The molecule has 0 saturated carbocycles. The van der Waals surface area contributed by atoms with Gasteiger partial charge in [0.05, 0.1) is 5.70 Å². The molecule has 3 aliphatic heterocycles. The predicted molar refractivity (Wildman–Crippen MR) is 64.4 cm³/mol. The van der Waals surface area contributed by atoms with Gasteiger partial charge in [-0.25, -0.2) is 4.79 Å². The maximum absolute atomic E-state index is 11.1. The number of esters is 1. The molecule has 3 heterocycles. The summed E-state index contributed by atoms with van der Waals surface area (Å²) in [4.78, 5) is 13.5. The van der Waals surface area contributed by atoms with Crippen LogP contribution in [0, 0.1) is 5.41 Å². The number of likely N-dealkylation sites (tertiary alicyclic amines) is 1. The Morgan fingerprint density at radius 1 is 1.29 bits per heavy atom. The van der Waals surface area contributed by atoms with Gasteiger partial charge in [0.15, 0.2) is 0 Å². The number of ether oxygens (including phenoxy) is 1. The number of rotatable bonds is 1. The van der Waals surface area contributed by atoms with Crippen molar-refractivity contribution in [2.75, 3.05) is 32.8 Å². The molecule has 4 heteroatoms. The number of hydrogen-bond acceptors (Lipinski definition) is 4. The minimum absolute atomic E-state index is 0.176. The number of carbonyl (C=O) groups is 1. The number of carbonyl (C=O) groups excluding carboxylic acids is 1. The second-order valence-corrected chi connectivity index (χ2v) is 5.52. The van der Waals surface area contributed by atoms with E-state index in [1.54, 1.807) is 6.08 Å². The van der Waals surface area contributed by atoms with Crippen molar-refractivity contribution in [3.05, 3.63) is 11.8 Å². The Kier molecular flexibility index (Phi) is 2.82. The van der Waals surface area contributed by atoms with Gasteiger partial charge in [-0.15, -0.1) is 0 Å².